The molecule has 3 rings (SSSR count). The molecule has 1 aromatic heterocycles. The van der Waals surface area contributed by atoms with E-state index in [0.29, 0.717) is 5.92 Å². The first-order valence-corrected chi connectivity index (χ1v) is 8.03. The predicted octanol–water partition coefficient (Wildman–Crippen LogP) is 1.68. The number of likely N-dealkylation sites (N-methyl/N-ethyl adjacent to an activating group) is 1. The largest absolute Gasteiger partial charge is 0.446 e. The van der Waals surface area contributed by atoms with Gasteiger partial charge in [-0.15, -0.1) is 0 Å². The topological polar surface area (TPSA) is 61.6 Å². The average Bonchev–Trinajstić information content (AvgIpc) is 2.97. The highest BCUT2D eigenvalue weighted by atomic mass is 16.4. The number of nitrogens with zero attached hydrogens (tertiary/aromatic N) is 3. The Hall–Kier alpha value is -1.56. The van der Waals surface area contributed by atoms with Gasteiger partial charge in [-0.05, 0) is 19.9 Å². The fraction of sp³-hybridized carbons (Fsp3) is 0.750. The summed E-state index contributed by atoms with van der Waals surface area (Å²) < 4.78 is 5.76. The van der Waals surface area contributed by atoms with Gasteiger partial charge < -0.3 is 19.5 Å². The lowest BCUT2D eigenvalue weighted by atomic mass is 9.71. The first kappa shape index (κ1) is 15.3. The Labute approximate surface area is 131 Å². The molecule has 1 atom stereocenters. The summed E-state index contributed by atoms with van der Waals surface area (Å²) in [5, 5.41) is 2.99. The number of carbonyl (C=O) groups excluding carboxylic acids is 1. The van der Waals surface area contributed by atoms with Crippen molar-refractivity contribution in [1.29, 1.82) is 0 Å². The molecule has 2 fully saturated rings. The van der Waals surface area contributed by atoms with Crippen molar-refractivity contribution in [3.8, 4) is 0 Å². The van der Waals surface area contributed by atoms with Crippen molar-refractivity contribution in [1.82, 2.24) is 20.1 Å². The van der Waals surface area contributed by atoms with Crippen molar-refractivity contribution in [2.45, 2.75) is 26.7 Å². The van der Waals surface area contributed by atoms with Gasteiger partial charge in [-0.2, -0.15) is 0 Å². The standard InChI is InChI=1S/C16H26N4O2/c1-11(2)5-18-15(21)20-9-16(10-20)8-19(4)7-13(16)14-17-6-12(3)22-14/h6,11,13H,5,7-10H2,1-4H3,(H,18,21). The molecule has 0 saturated carbocycles. The highest BCUT2D eigenvalue weighted by Crippen LogP contribution is 2.48. The van der Waals surface area contributed by atoms with Gasteiger partial charge in [0.15, 0.2) is 5.89 Å². The Balaban J connectivity index is 1.65. The van der Waals surface area contributed by atoms with Crippen molar-refractivity contribution in [2.75, 3.05) is 39.8 Å². The van der Waals surface area contributed by atoms with E-state index < -0.39 is 0 Å². The van der Waals surface area contributed by atoms with Gasteiger partial charge in [-0.3, -0.25) is 0 Å². The quantitative estimate of drug-likeness (QED) is 0.923. The summed E-state index contributed by atoms with van der Waals surface area (Å²) in [6, 6.07) is 0.0520. The zero-order valence-corrected chi connectivity index (χ0v) is 13.9. The summed E-state index contributed by atoms with van der Waals surface area (Å²) in [5.74, 6) is 2.43. The Bertz CT molecular complexity index is 548. The molecule has 1 spiro atoms. The number of aromatic nitrogens is 1. The minimum atomic E-state index is 0.0520. The summed E-state index contributed by atoms with van der Waals surface area (Å²) in [6.45, 7) is 10.4. The summed E-state index contributed by atoms with van der Waals surface area (Å²) in [7, 11) is 2.12. The van der Waals surface area contributed by atoms with Gasteiger partial charge in [-0.25, -0.2) is 9.78 Å². The van der Waals surface area contributed by atoms with Gasteiger partial charge in [0.1, 0.15) is 5.76 Å². The van der Waals surface area contributed by atoms with Crippen molar-refractivity contribution in [3.63, 3.8) is 0 Å². The van der Waals surface area contributed by atoms with Crippen molar-refractivity contribution in [3.05, 3.63) is 17.8 Å². The van der Waals surface area contributed by atoms with Crippen LogP contribution in [0.1, 0.15) is 31.4 Å². The van der Waals surface area contributed by atoms with Gasteiger partial charge in [0.05, 0.1) is 12.1 Å². The van der Waals surface area contributed by atoms with Crippen LogP contribution in [0.4, 0.5) is 4.79 Å². The maximum Gasteiger partial charge on any atom is 0.317 e. The third-order valence-electron chi connectivity index (χ3n) is 4.72. The van der Waals surface area contributed by atoms with Crippen LogP contribution >= 0.6 is 0 Å². The lowest BCUT2D eigenvalue weighted by Gasteiger charge is -2.50. The molecule has 3 heterocycles. The molecule has 2 aliphatic rings. The second-order valence-electron chi connectivity index (χ2n) is 7.36. The summed E-state index contributed by atoms with van der Waals surface area (Å²) >= 11 is 0. The minimum Gasteiger partial charge on any atom is -0.446 e. The van der Waals surface area contributed by atoms with E-state index in [4.69, 9.17) is 4.42 Å². The number of rotatable bonds is 3. The highest BCUT2D eigenvalue weighted by molar-refractivity contribution is 5.75. The van der Waals surface area contributed by atoms with Gasteiger partial charge in [0.2, 0.25) is 0 Å². The maximum absolute atomic E-state index is 12.2. The number of likely N-dealkylation sites (tertiary alicyclic amines) is 2. The first-order valence-electron chi connectivity index (χ1n) is 8.03. The predicted molar refractivity (Wildman–Crippen MR) is 83.7 cm³/mol. The number of aryl methyl sites for hydroxylation is 1. The van der Waals surface area contributed by atoms with Crippen LogP contribution in [0, 0.1) is 18.3 Å². The lowest BCUT2D eigenvalue weighted by molar-refractivity contribution is 0.0229. The zero-order chi connectivity index (χ0) is 15.9. The van der Waals surface area contributed by atoms with Gasteiger partial charge in [-0.1, -0.05) is 13.8 Å². The third kappa shape index (κ3) is 2.72. The smallest absolute Gasteiger partial charge is 0.317 e. The van der Waals surface area contributed by atoms with Crippen molar-refractivity contribution >= 4 is 6.03 Å². The Morgan fingerprint density at radius 2 is 2.23 bits per heavy atom. The van der Waals surface area contributed by atoms with Crippen LogP contribution in [0.15, 0.2) is 10.6 Å². The van der Waals surface area contributed by atoms with E-state index in [0.717, 1.165) is 44.4 Å². The number of carbonyl (C=O) groups is 1. The fourth-order valence-corrected chi connectivity index (χ4v) is 3.67. The Kier molecular flexibility index (Phi) is 3.89. The molecule has 0 radical (unpaired) electrons. The van der Waals surface area contributed by atoms with Crippen molar-refractivity contribution in [2.24, 2.45) is 11.3 Å². The Morgan fingerprint density at radius 3 is 2.82 bits per heavy atom. The van der Waals surface area contributed by atoms with Crippen LogP contribution in [0.2, 0.25) is 0 Å². The van der Waals surface area contributed by atoms with E-state index in [-0.39, 0.29) is 17.4 Å². The van der Waals surface area contributed by atoms with Gasteiger partial charge >= 0.3 is 6.03 Å². The second-order valence-corrected chi connectivity index (χ2v) is 7.36. The molecule has 1 N–H and O–H groups in total. The molecule has 1 unspecified atom stereocenters. The second kappa shape index (κ2) is 5.57. The SMILES string of the molecule is Cc1cnc(C2CN(C)CC23CN(C(=O)NCC(C)C)C3)o1. The monoisotopic (exact) mass is 306 g/mol. The summed E-state index contributed by atoms with van der Waals surface area (Å²) in [4.78, 5) is 20.8. The molecule has 0 aliphatic carbocycles. The first-order chi connectivity index (χ1) is 10.4. The van der Waals surface area contributed by atoms with E-state index in [1.54, 1.807) is 6.20 Å². The lowest BCUT2D eigenvalue weighted by Crippen LogP contribution is -2.63. The van der Waals surface area contributed by atoms with Crippen LogP contribution in [0.5, 0.6) is 0 Å². The van der Waals surface area contributed by atoms with E-state index in [9.17, 15) is 4.79 Å². The van der Waals surface area contributed by atoms with Crippen LogP contribution in [0.3, 0.4) is 0 Å². The molecule has 0 aromatic carbocycles. The van der Waals surface area contributed by atoms with E-state index >= 15 is 0 Å². The third-order valence-corrected chi connectivity index (χ3v) is 4.72. The zero-order valence-electron chi connectivity index (χ0n) is 13.9. The molecular weight excluding hydrogens is 280 g/mol. The molecule has 2 saturated heterocycles. The maximum atomic E-state index is 12.2. The van der Waals surface area contributed by atoms with E-state index in [1.807, 2.05) is 11.8 Å². The molecule has 0 bridgehead atoms. The summed E-state index contributed by atoms with van der Waals surface area (Å²) in [5.41, 5.74) is 0.0984. The number of hydrogen-bond donors (Lipinski definition) is 1. The number of oxazole rings is 1. The average molecular weight is 306 g/mol. The van der Waals surface area contributed by atoms with E-state index in [2.05, 4.69) is 36.1 Å². The van der Waals surface area contributed by atoms with Crippen LogP contribution in [-0.2, 0) is 0 Å². The normalized spacial score (nSPS) is 24.0. The van der Waals surface area contributed by atoms with Gasteiger partial charge in [0.25, 0.3) is 0 Å². The molecule has 22 heavy (non-hydrogen) atoms. The number of urea groups is 1. The molecular formula is C16H26N4O2. The highest BCUT2D eigenvalue weighted by Gasteiger charge is 2.56. The number of amides is 2. The van der Waals surface area contributed by atoms with Crippen LogP contribution < -0.4 is 5.32 Å². The Morgan fingerprint density at radius 1 is 1.50 bits per heavy atom. The number of nitrogens with one attached hydrogen (secondary N) is 1. The van der Waals surface area contributed by atoms with Crippen molar-refractivity contribution < 1.29 is 9.21 Å². The van der Waals surface area contributed by atoms with E-state index in [1.165, 1.54) is 0 Å². The molecule has 6 heteroatoms. The molecule has 6 nitrogen and oxygen atoms in total. The molecule has 122 valence electrons. The summed E-state index contributed by atoms with van der Waals surface area (Å²) in [6.07, 6.45) is 1.78. The van der Waals surface area contributed by atoms with Gasteiger partial charge in [0, 0.05) is 38.1 Å². The molecule has 1 aromatic rings. The molecule has 2 aliphatic heterocycles. The minimum absolute atomic E-state index is 0.0520. The molecule has 2 amide bonds. The fourth-order valence-electron chi connectivity index (χ4n) is 3.67. The number of hydrogen-bond acceptors (Lipinski definition) is 4. The van der Waals surface area contributed by atoms with Crippen LogP contribution in [-0.4, -0.2) is 60.6 Å². The van der Waals surface area contributed by atoms with Crippen LogP contribution in [0.25, 0.3) is 0 Å².